The summed E-state index contributed by atoms with van der Waals surface area (Å²) >= 11 is 6.19. The molecule has 26 heavy (non-hydrogen) atoms. The molecule has 1 aliphatic rings. The highest BCUT2D eigenvalue weighted by molar-refractivity contribution is 6.30. The summed E-state index contributed by atoms with van der Waals surface area (Å²) in [6.07, 6.45) is 5.89. The SMILES string of the molecule is CN(C)CC1CCCC(=Cc2ccccc2)C1(O)Cc1cccc(Cl)c1. The molecular weight excluding hydrogens is 342 g/mol. The van der Waals surface area contributed by atoms with Crippen molar-refractivity contribution in [1.29, 1.82) is 0 Å². The second-order valence-corrected chi connectivity index (χ2v) is 8.10. The summed E-state index contributed by atoms with van der Waals surface area (Å²) in [5.74, 6) is 0.209. The molecule has 0 aromatic heterocycles. The van der Waals surface area contributed by atoms with Gasteiger partial charge in [0.05, 0.1) is 5.60 Å². The van der Waals surface area contributed by atoms with Crippen LogP contribution in [0.25, 0.3) is 6.08 Å². The fourth-order valence-electron chi connectivity index (χ4n) is 4.10. The van der Waals surface area contributed by atoms with E-state index in [0.29, 0.717) is 6.42 Å². The molecule has 2 atom stereocenters. The van der Waals surface area contributed by atoms with Gasteiger partial charge in [0.15, 0.2) is 0 Å². The van der Waals surface area contributed by atoms with Crippen LogP contribution in [-0.2, 0) is 6.42 Å². The number of hydrogen-bond donors (Lipinski definition) is 1. The Morgan fingerprint density at radius 2 is 1.92 bits per heavy atom. The number of hydrogen-bond acceptors (Lipinski definition) is 2. The van der Waals surface area contributed by atoms with Gasteiger partial charge in [-0.3, -0.25) is 0 Å². The van der Waals surface area contributed by atoms with Gasteiger partial charge in [-0.15, -0.1) is 0 Å². The maximum absolute atomic E-state index is 11.9. The van der Waals surface area contributed by atoms with E-state index in [2.05, 4.69) is 43.3 Å². The lowest BCUT2D eigenvalue weighted by atomic mass is 9.68. The van der Waals surface area contributed by atoms with Crippen LogP contribution in [0, 0.1) is 5.92 Å². The third-order valence-corrected chi connectivity index (χ3v) is 5.55. The van der Waals surface area contributed by atoms with Gasteiger partial charge < -0.3 is 10.0 Å². The first-order valence-electron chi connectivity index (χ1n) is 9.35. The summed E-state index contributed by atoms with van der Waals surface area (Å²) in [5.41, 5.74) is 2.53. The maximum atomic E-state index is 11.9. The van der Waals surface area contributed by atoms with Gasteiger partial charge in [0.2, 0.25) is 0 Å². The average molecular weight is 370 g/mol. The molecule has 138 valence electrons. The molecule has 2 aromatic carbocycles. The van der Waals surface area contributed by atoms with Crippen molar-refractivity contribution in [3.05, 3.63) is 76.3 Å². The normalized spacial score (nSPS) is 25.0. The minimum atomic E-state index is -0.844. The molecule has 2 unspecified atom stereocenters. The molecule has 3 heteroatoms. The van der Waals surface area contributed by atoms with Crippen molar-refractivity contribution in [3.8, 4) is 0 Å². The predicted molar refractivity (Wildman–Crippen MR) is 110 cm³/mol. The Labute approximate surface area is 162 Å². The van der Waals surface area contributed by atoms with Crippen LogP contribution in [0.4, 0.5) is 0 Å². The molecule has 3 rings (SSSR count). The van der Waals surface area contributed by atoms with Crippen molar-refractivity contribution >= 4 is 17.7 Å². The van der Waals surface area contributed by atoms with Gasteiger partial charge in [0, 0.05) is 23.9 Å². The van der Waals surface area contributed by atoms with E-state index in [4.69, 9.17) is 11.6 Å². The molecule has 0 radical (unpaired) electrons. The summed E-state index contributed by atoms with van der Waals surface area (Å²) in [4.78, 5) is 2.18. The van der Waals surface area contributed by atoms with Crippen molar-refractivity contribution in [2.24, 2.45) is 5.92 Å². The molecular formula is C23H28ClNO. The molecule has 0 bridgehead atoms. The lowest BCUT2D eigenvalue weighted by Gasteiger charge is -2.43. The topological polar surface area (TPSA) is 23.5 Å². The van der Waals surface area contributed by atoms with Crippen LogP contribution in [0.2, 0.25) is 5.02 Å². The molecule has 2 nitrogen and oxygen atoms in total. The predicted octanol–water partition coefficient (Wildman–Crippen LogP) is 5.06. The minimum Gasteiger partial charge on any atom is -0.385 e. The second kappa shape index (κ2) is 8.39. The maximum Gasteiger partial charge on any atom is 0.0940 e. The van der Waals surface area contributed by atoms with Gasteiger partial charge in [-0.1, -0.05) is 60.1 Å². The number of benzene rings is 2. The van der Waals surface area contributed by atoms with E-state index in [1.807, 2.05) is 36.4 Å². The molecule has 0 heterocycles. The highest BCUT2D eigenvalue weighted by Crippen LogP contribution is 2.42. The van der Waals surface area contributed by atoms with Gasteiger partial charge in [0.1, 0.15) is 0 Å². The summed E-state index contributed by atoms with van der Waals surface area (Å²) in [7, 11) is 4.16. The van der Waals surface area contributed by atoms with Crippen LogP contribution in [0.1, 0.15) is 30.4 Å². The van der Waals surface area contributed by atoms with E-state index in [-0.39, 0.29) is 5.92 Å². The van der Waals surface area contributed by atoms with Gasteiger partial charge in [0.25, 0.3) is 0 Å². The lowest BCUT2D eigenvalue weighted by molar-refractivity contribution is -0.0123. The Balaban J connectivity index is 1.99. The largest absolute Gasteiger partial charge is 0.385 e. The zero-order chi connectivity index (χ0) is 18.6. The monoisotopic (exact) mass is 369 g/mol. The van der Waals surface area contributed by atoms with Gasteiger partial charge in [-0.25, -0.2) is 0 Å². The molecule has 1 fully saturated rings. The molecule has 1 aliphatic carbocycles. The fourth-order valence-corrected chi connectivity index (χ4v) is 4.32. The van der Waals surface area contributed by atoms with Crippen LogP contribution in [0.15, 0.2) is 60.2 Å². The molecule has 0 saturated heterocycles. The fraction of sp³-hybridized carbons (Fsp3) is 0.391. The van der Waals surface area contributed by atoms with Crippen LogP contribution in [-0.4, -0.2) is 36.2 Å². The molecule has 1 saturated carbocycles. The first-order chi connectivity index (χ1) is 12.5. The van der Waals surface area contributed by atoms with E-state index in [1.165, 1.54) is 0 Å². The third-order valence-electron chi connectivity index (χ3n) is 5.32. The molecule has 0 aliphatic heterocycles. The smallest absolute Gasteiger partial charge is 0.0940 e. The Bertz CT molecular complexity index is 756. The standard InChI is InChI=1S/C23H28ClNO/c1-25(2)17-21-12-7-11-20(14-18-8-4-3-5-9-18)23(21,26)16-19-10-6-13-22(24)15-19/h3-6,8-10,13-15,21,26H,7,11-12,16-17H2,1-2H3. The van der Waals surface area contributed by atoms with Gasteiger partial charge in [-0.2, -0.15) is 0 Å². The highest BCUT2D eigenvalue weighted by atomic mass is 35.5. The van der Waals surface area contributed by atoms with Crippen molar-refractivity contribution in [2.45, 2.75) is 31.3 Å². The van der Waals surface area contributed by atoms with Crippen molar-refractivity contribution in [3.63, 3.8) is 0 Å². The lowest BCUT2D eigenvalue weighted by Crippen LogP contribution is -2.48. The Hall–Kier alpha value is -1.61. The summed E-state index contributed by atoms with van der Waals surface area (Å²) in [6, 6.07) is 18.2. The Morgan fingerprint density at radius 3 is 2.62 bits per heavy atom. The van der Waals surface area contributed by atoms with Crippen molar-refractivity contribution < 1.29 is 5.11 Å². The van der Waals surface area contributed by atoms with Crippen LogP contribution < -0.4 is 0 Å². The quantitative estimate of drug-likeness (QED) is 0.796. The van der Waals surface area contributed by atoms with Crippen molar-refractivity contribution in [2.75, 3.05) is 20.6 Å². The van der Waals surface area contributed by atoms with E-state index in [1.54, 1.807) is 0 Å². The summed E-state index contributed by atoms with van der Waals surface area (Å²) in [5, 5.41) is 12.6. The second-order valence-electron chi connectivity index (χ2n) is 7.66. The average Bonchev–Trinajstić information content (AvgIpc) is 2.59. The van der Waals surface area contributed by atoms with E-state index in [9.17, 15) is 5.11 Å². The number of aliphatic hydroxyl groups is 1. The first-order valence-corrected chi connectivity index (χ1v) is 9.73. The van der Waals surface area contributed by atoms with E-state index >= 15 is 0 Å². The van der Waals surface area contributed by atoms with Gasteiger partial charge in [-0.05, 0) is 62.2 Å². The Kier molecular flexibility index (Phi) is 6.18. The zero-order valence-corrected chi connectivity index (χ0v) is 16.4. The van der Waals surface area contributed by atoms with Gasteiger partial charge >= 0.3 is 0 Å². The number of rotatable bonds is 5. The number of nitrogens with zero attached hydrogens (tertiary/aromatic N) is 1. The Morgan fingerprint density at radius 1 is 1.15 bits per heavy atom. The van der Waals surface area contributed by atoms with Crippen LogP contribution in [0.3, 0.4) is 0 Å². The molecule has 2 aromatic rings. The summed E-state index contributed by atoms with van der Waals surface area (Å²) in [6.45, 7) is 0.878. The molecule has 0 amide bonds. The molecule has 0 spiro atoms. The van der Waals surface area contributed by atoms with Crippen LogP contribution >= 0.6 is 11.6 Å². The third kappa shape index (κ3) is 4.56. The minimum absolute atomic E-state index is 0.209. The summed E-state index contributed by atoms with van der Waals surface area (Å²) < 4.78 is 0. The molecule has 1 N–H and O–H groups in total. The zero-order valence-electron chi connectivity index (χ0n) is 15.7. The van der Waals surface area contributed by atoms with Crippen molar-refractivity contribution in [1.82, 2.24) is 4.90 Å². The highest BCUT2D eigenvalue weighted by Gasteiger charge is 2.42. The van der Waals surface area contributed by atoms with E-state index in [0.717, 1.165) is 47.5 Å². The number of halogens is 1. The first kappa shape index (κ1) is 19.2. The van der Waals surface area contributed by atoms with Crippen LogP contribution in [0.5, 0.6) is 0 Å². The van der Waals surface area contributed by atoms with E-state index < -0.39 is 5.60 Å².